The average Bonchev–Trinajstić information content (AvgIpc) is 2.46. The van der Waals surface area contributed by atoms with Gasteiger partial charge in [-0.1, -0.05) is 27.5 Å². The number of ether oxygens (including phenoxy) is 2. The Morgan fingerprint density at radius 1 is 1.05 bits per heavy atom. The van der Waals surface area contributed by atoms with E-state index in [0.717, 1.165) is 4.47 Å². The molecule has 104 valence electrons. The number of methoxy groups -OCH3 is 2. The predicted molar refractivity (Wildman–Crippen MR) is 82.1 cm³/mol. The molecule has 2 rings (SSSR count). The molecule has 3 nitrogen and oxygen atoms in total. The molecule has 0 spiro atoms. The fourth-order valence-electron chi connectivity index (χ4n) is 1.82. The summed E-state index contributed by atoms with van der Waals surface area (Å²) in [6.45, 7) is 0. The van der Waals surface area contributed by atoms with Crippen molar-refractivity contribution in [2.24, 2.45) is 0 Å². The van der Waals surface area contributed by atoms with Crippen molar-refractivity contribution in [3.8, 4) is 11.5 Å². The lowest BCUT2D eigenvalue weighted by Gasteiger charge is -2.09. The maximum Gasteiger partial charge on any atom is 0.196 e. The number of carbonyl (C=O) groups excluding carboxylic acids is 1. The summed E-state index contributed by atoms with van der Waals surface area (Å²) in [6, 6.07) is 10.2. The van der Waals surface area contributed by atoms with Crippen LogP contribution in [0.25, 0.3) is 0 Å². The van der Waals surface area contributed by atoms with Gasteiger partial charge in [-0.2, -0.15) is 0 Å². The minimum absolute atomic E-state index is 0.154. The van der Waals surface area contributed by atoms with Crippen LogP contribution in [-0.2, 0) is 0 Å². The molecule has 0 aliphatic carbocycles. The second kappa shape index (κ2) is 6.29. The molecule has 0 amide bonds. The lowest BCUT2D eigenvalue weighted by atomic mass is 10.0. The van der Waals surface area contributed by atoms with Crippen LogP contribution in [0.4, 0.5) is 0 Å². The maximum atomic E-state index is 12.5. The van der Waals surface area contributed by atoms with Crippen LogP contribution in [-0.4, -0.2) is 20.0 Å². The Hall–Kier alpha value is -1.52. The quantitative estimate of drug-likeness (QED) is 0.765. The third kappa shape index (κ3) is 2.97. The van der Waals surface area contributed by atoms with Gasteiger partial charge >= 0.3 is 0 Å². The molecule has 0 aliphatic rings. The minimum atomic E-state index is -0.154. The molecule has 0 aromatic heterocycles. The van der Waals surface area contributed by atoms with E-state index in [-0.39, 0.29) is 5.78 Å². The highest BCUT2D eigenvalue weighted by Gasteiger charge is 2.16. The second-order valence-electron chi connectivity index (χ2n) is 4.02. The average molecular weight is 356 g/mol. The van der Waals surface area contributed by atoms with E-state index in [1.54, 1.807) is 36.4 Å². The highest BCUT2D eigenvalue weighted by molar-refractivity contribution is 9.10. The van der Waals surface area contributed by atoms with Crippen LogP contribution in [0.3, 0.4) is 0 Å². The Bertz CT molecular complexity index is 656. The van der Waals surface area contributed by atoms with Gasteiger partial charge in [0.1, 0.15) is 11.5 Å². The molecule has 0 saturated carbocycles. The first-order valence-corrected chi connectivity index (χ1v) is 6.95. The Morgan fingerprint density at radius 2 is 1.75 bits per heavy atom. The van der Waals surface area contributed by atoms with Crippen molar-refractivity contribution < 1.29 is 14.3 Å². The smallest absolute Gasteiger partial charge is 0.196 e. The molecular weight excluding hydrogens is 344 g/mol. The van der Waals surface area contributed by atoms with Gasteiger partial charge in [-0.3, -0.25) is 4.79 Å². The lowest BCUT2D eigenvalue weighted by Crippen LogP contribution is -2.04. The summed E-state index contributed by atoms with van der Waals surface area (Å²) in [5.74, 6) is 0.890. The zero-order chi connectivity index (χ0) is 14.7. The van der Waals surface area contributed by atoms with Crippen LogP contribution in [0.15, 0.2) is 40.9 Å². The first kappa shape index (κ1) is 14.9. The zero-order valence-electron chi connectivity index (χ0n) is 10.9. The number of hydrogen-bond acceptors (Lipinski definition) is 3. The van der Waals surface area contributed by atoms with Crippen molar-refractivity contribution in [2.75, 3.05) is 14.2 Å². The summed E-state index contributed by atoms with van der Waals surface area (Å²) in [5.41, 5.74) is 0.966. The highest BCUT2D eigenvalue weighted by atomic mass is 79.9. The Morgan fingerprint density at radius 3 is 2.35 bits per heavy atom. The summed E-state index contributed by atoms with van der Waals surface area (Å²) >= 11 is 9.39. The van der Waals surface area contributed by atoms with E-state index in [9.17, 15) is 4.79 Å². The topological polar surface area (TPSA) is 35.5 Å². The number of hydrogen-bond donors (Lipinski definition) is 0. The molecule has 2 aromatic rings. The van der Waals surface area contributed by atoms with Gasteiger partial charge in [-0.05, 0) is 36.4 Å². The Labute approximate surface area is 130 Å². The largest absolute Gasteiger partial charge is 0.496 e. The molecule has 5 heteroatoms. The summed E-state index contributed by atoms with van der Waals surface area (Å²) < 4.78 is 11.2. The molecule has 20 heavy (non-hydrogen) atoms. The standard InChI is InChI=1S/C15H12BrClO3/c1-19-13-6-3-9(7-12(13)17)15(18)11-5-4-10(16)8-14(11)20-2/h3-8H,1-2H3. The summed E-state index contributed by atoms with van der Waals surface area (Å²) in [5, 5.41) is 0.398. The minimum Gasteiger partial charge on any atom is -0.496 e. The molecule has 0 N–H and O–H groups in total. The van der Waals surface area contributed by atoms with Crippen LogP contribution >= 0.6 is 27.5 Å². The fourth-order valence-corrected chi connectivity index (χ4v) is 2.41. The van der Waals surface area contributed by atoms with Gasteiger partial charge in [0.2, 0.25) is 0 Å². The highest BCUT2D eigenvalue weighted by Crippen LogP contribution is 2.29. The third-order valence-electron chi connectivity index (χ3n) is 2.82. The SMILES string of the molecule is COc1ccc(C(=O)c2ccc(Br)cc2OC)cc1Cl. The van der Waals surface area contributed by atoms with Gasteiger partial charge in [0.05, 0.1) is 24.8 Å². The molecule has 0 atom stereocenters. The number of rotatable bonds is 4. The van der Waals surface area contributed by atoms with Gasteiger partial charge in [0, 0.05) is 10.0 Å². The summed E-state index contributed by atoms with van der Waals surface area (Å²) in [7, 11) is 3.06. The van der Waals surface area contributed by atoms with E-state index < -0.39 is 0 Å². The number of carbonyl (C=O) groups is 1. The Kier molecular flexibility index (Phi) is 4.68. The monoisotopic (exact) mass is 354 g/mol. The first-order chi connectivity index (χ1) is 9.56. The zero-order valence-corrected chi connectivity index (χ0v) is 13.3. The number of benzene rings is 2. The number of ketones is 1. The van der Waals surface area contributed by atoms with E-state index in [0.29, 0.717) is 27.6 Å². The van der Waals surface area contributed by atoms with Gasteiger partial charge < -0.3 is 9.47 Å². The molecule has 2 aromatic carbocycles. The molecule has 0 heterocycles. The van der Waals surface area contributed by atoms with Crippen LogP contribution in [0, 0.1) is 0 Å². The first-order valence-electron chi connectivity index (χ1n) is 5.78. The summed E-state index contributed by atoms with van der Waals surface area (Å²) in [6.07, 6.45) is 0. The van der Waals surface area contributed by atoms with E-state index in [2.05, 4.69) is 15.9 Å². The predicted octanol–water partition coefficient (Wildman–Crippen LogP) is 4.35. The summed E-state index contributed by atoms with van der Waals surface area (Å²) in [4.78, 5) is 12.5. The molecular formula is C15H12BrClO3. The van der Waals surface area contributed by atoms with Crippen molar-refractivity contribution >= 4 is 33.3 Å². The molecule has 0 bridgehead atoms. The van der Waals surface area contributed by atoms with Crippen molar-refractivity contribution in [2.45, 2.75) is 0 Å². The van der Waals surface area contributed by atoms with Crippen LogP contribution < -0.4 is 9.47 Å². The van der Waals surface area contributed by atoms with Crippen LogP contribution in [0.5, 0.6) is 11.5 Å². The van der Waals surface area contributed by atoms with E-state index in [1.807, 2.05) is 0 Å². The maximum absolute atomic E-state index is 12.5. The second-order valence-corrected chi connectivity index (χ2v) is 5.35. The lowest BCUT2D eigenvalue weighted by molar-refractivity contribution is 0.103. The van der Waals surface area contributed by atoms with Gasteiger partial charge in [-0.15, -0.1) is 0 Å². The molecule has 0 saturated heterocycles. The van der Waals surface area contributed by atoms with Gasteiger partial charge in [-0.25, -0.2) is 0 Å². The molecule has 0 fully saturated rings. The van der Waals surface area contributed by atoms with E-state index >= 15 is 0 Å². The van der Waals surface area contributed by atoms with Crippen molar-refractivity contribution in [1.82, 2.24) is 0 Å². The van der Waals surface area contributed by atoms with Crippen LogP contribution in [0.2, 0.25) is 5.02 Å². The molecule has 0 radical (unpaired) electrons. The fraction of sp³-hybridized carbons (Fsp3) is 0.133. The van der Waals surface area contributed by atoms with Crippen LogP contribution in [0.1, 0.15) is 15.9 Å². The van der Waals surface area contributed by atoms with E-state index in [4.69, 9.17) is 21.1 Å². The van der Waals surface area contributed by atoms with Gasteiger partial charge in [0.25, 0.3) is 0 Å². The normalized spacial score (nSPS) is 10.2. The molecule has 0 unspecified atom stereocenters. The van der Waals surface area contributed by atoms with Crippen molar-refractivity contribution in [3.05, 3.63) is 57.0 Å². The van der Waals surface area contributed by atoms with Gasteiger partial charge in [0.15, 0.2) is 5.78 Å². The Balaban J connectivity index is 2.43. The van der Waals surface area contributed by atoms with Crippen molar-refractivity contribution in [3.63, 3.8) is 0 Å². The third-order valence-corrected chi connectivity index (χ3v) is 3.61. The van der Waals surface area contributed by atoms with Crippen molar-refractivity contribution in [1.29, 1.82) is 0 Å². The molecule has 0 aliphatic heterocycles. The van der Waals surface area contributed by atoms with E-state index in [1.165, 1.54) is 14.2 Å². The number of halogens is 2.